The molecule has 0 aliphatic heterocycles. The molecule has 0 N–H and O–H groups in total. The number of hydrogen-bond donors (Lipinski definition) is 0. The summed E-state index contributed by atoms with van der Waals surface area (Å²) in [4.78, 5) is 22.5. The van der Waals surface area contributed by atoms with E-state index in [0.717, 1.165) is 6.42 Å². The van der Waals surface area contributed by atoms with Gasteiger partial charge in [-0.1, -0.05) is 27.7 Å². The fourth-order valence-corrected chi connectivity index (χ4v) is 1.27. The number of hydrogen-bond acceptors (Lipinski definition) is 3. The van der Waals surface area contributed by atoms with E-state index in [9.17, 15) is 9.59 Å². The van der Waals surface area contributed by atoms with Crippen molar-refractivity contribution in [2.45, 2.75) is 47.0 Å². The summed E-state index contributed by atoms with van der Waals surface area (Å²) < 4.78 is 5.21. The van der Waals surface area contributed by atoms with Crippen LogP contribution in [0.25, 0.3) is 0 Å². The Morgan fingerprint density at radius 2 is 1.75 bits per heavy atom. The monoisotopic (exact) mass is 228 g/mol. The summed E-state index contributed by atoms with van der Waals surface area (Å²) >= 11 is 0. The van der Waals surface area contributed by atoms with Crippen molar-refractivity contribution < 1.29 is 14.3 Å². The fraction of sp³-hybridized carbons (Fsp3) is 0.846. The predicted octanol–water partition coefficient (Wildman–Crippen LogP) is 2.62. The molecule has 0 rings (SSSR count). The lowest BCUT2D eigenvalue weighted by molar-refractivity contribution is -0.126. The topological polar surface area (TPSA) is 43.4 Å². The quantitative estimate of drug-likeness (QED) is 0.570. The van der Waals surface area contributed by atoms with E-state index in [2.05, 4.69) is 0 Å². The van der Waals surface area contributed by atoms with Crippen molar-refractivity contribution in [1.29, 1.82) is 0 Å². The zero-order valence-electron chi connectivity index (χ0n) is 10.9. The Kier molecular flexibility index (Phi) is 8.08. The van der Waals surface area contributed by atoms with Crippen LogP contribution in [-0.2, 0) is 14.3 Å². The van der Waals surface area contributed by atoms with Crippen LogP contribution in [0.15, 0.2) is 0 Å². The summed E-state index contributed by atoms with van der Waals surface area (Å²) in [6.07, 6.45) is 1.93. The van der Waals surface area contributed by atoms with Crippen LogP contribution in [0.2, 0.25) is 0 Å². The number of ether oxygens (including phenoxy) is 1. The van der Waals surface area contributed by atoms with Gasteiger partial charge in [-0.3, -0.25) is 9.59 Å². The van der Waals surface area contributed by atoms with Gasteiger partial charge >= 0.3 is 0 Å². The largest absolute Gasteiger partial charge is 0.374 e. The molecular formula is C13H24O3. The van der Waals surface area contributed by atoms with Crippen molar-refractivity contribution in [2.75, 3.05) is 13.2 Å². The summed E-state index contributed by atoms with van der Waals surface area (Å²) in [5, 5.41) is 0. The number of carbonyl (C=O) groups is 2. The van der Waals surface area contributed by atoms with Gasteiger partial charge in [0.25, 0.3) is 0 Å². The Hall–Kier alpha value is -0.700. The van der Waals surface area contributed by atoms with E-state index >= 15 is 0 Å². The Morgan fingerprint density at radius 1 is 1.12 bits per heavy atom. The minimum Gasteiger partial charge on any atom is -0.374 e. The Balaban J connectivity index is 3.40. The first kappa shape index (κ1) is 15.3. The summed E-state index contributed by atoms with van der Waals surface area (Å²) in [6, 6.07) is 0. The standard InChI is InChI=1S/C13H24O3/c1-10(2)8-12(14)6-5-7-16-9-13(15)11(3)4/h10-11H,5-9H2,1-4H3. The highest BCUT2D eigenvalue weighted by Crippen LogP contribution is 2.04. The maximum absolute atomic E-state index is 11.3. The van der Waals surface area contributed by atoms with Crippen molar-refractivity contribution in [3.05, 3.63) is 0 Å². The highest BCUT2D eigenvalue weighted by atomic mass is 16.5. The summed E-state index contributed by atoms with van der Waals surface area (Å²) in [7, 11) is 0. The molecule has 0 amide bonds. The van der Waals surface area contributed by atoms with Crippen LogP contribution in [0.4, 0.5) is 0 Å². The summed E-state index contributed by atoms with van der Waals surface area (Å²) in [5.41, 5.74) is 0. The minimum atomic E-state index is 0.0302. The van der Waals surface area contributed by atoms with Gasteiger partial charge in [-0.25, -0.2) is 0 Å². The number of ketones is 2. The number of rotatable bonds is 9. The molecule has 0 bridgehead atoms. The van der Waals surface area contributed by atoms with Crippen molar-refractivity contribution in [2.24, 2.45) is 11.8 Å². The molecule has 0 aliphatic carbocycles. The van der Waals surface area contributed by atoms with E-state index in [-0.39, 0.29) is 24.1 Å². The van der Waals surface area contributed by atoms with Crippen LogP contribution in [0.5, 0.6) is 0 Å². The molecule has 0 atom stereocenters. The van der Waals surface area contributed by atoms with E-state index in [1.54, 1.807) is 0 Å². The van der Waals surface area contributed by atoms with Crippen LogP contribution in [-0.4, -0.2) is 24.8 Å². The van der Waals surface area contributed by atoms with Crippen LogP contribution >= 0.6 is 0 Å². The van der Waals surface area contributed by atoms with Crippen molar-refractivity contribution >= 4 is 11.6 Å². The molecule has 0 unspecified atom stereocenters. The van der Waals surface area contributed by atoms with Gasteiger partial charge in [0.2, 0.25) is 0 Å². The van der Waals surface area contributed by atoms with E-state index in [1.165, 1.54) is 0 Å². The normalized spacial score (nSPS) is 11.1. The Bertz CT molecular complexity index is 219. The van der Waals surface area contributed by atoms with Gasteiger partial charge < -0.3 is 4.74 Å². The number of Topliss-reactive ketones (excluding diaryl/α,β-unsaturated/α-hetero) is 2. The Morgan fingerprint density at radius 3 is 2.25 bits per heavy atom. The van der Waals surface area contributed by atoms with Gasteiger partial charge in [0, 0.05) is 25.4 Å². The highest BCUT2D eigenvalue weighted by Gasteiger charge is 2.07. The smallest absolute Gasteiger partial charge is 0.160 e. The third kappa shape index (κ3) is 8.60. The van der Waals surface area contributed by atoms with Gasteiger partial charge in [-0.2, -0.15) is 0 Å². The third-order valence-corrected chi connectivity index (χ3v) is 2.27. The lowest BCUT2D eigenvalue weighted by atomic mass is 10.0. The van der Waals surface area contributed by atoms with Crippen molar-refractivity contribution in [3.8, 4) is 0 Å². The highest BCUT2D eigenvalue weighted by molar-refractivity contribution is 5.81. The van der Waals surface area contributed by atoms with Gasteiger partial charge in [0.1, 0.15) is 12.4 Å². The first-order chi connectivity index (χ1) is 7.43. The molecule has 0 saturated heterocycles. The molecule has 0 aromatic heterocycles. The SMILES string of the molecule is CC(C)CC(=O)CCCOCC(=O)C(C)C. The second kappa shape index (κ2) is 8.45. The molecule has 3 heteroatoms. The van der Waals surface area contributed by atoms with Crippen molar-refractivity contribution in [1.82, 2.24) is 0 Å². The van der Waals surface area contributed by atoms with Gasteiger partial charge in [0.05, 0.1) is 0 Å². The summed E-state index contributed by atoms with van der Waals surface area (Å²) in [5.74, 6) is 0.862. The first-order valence-electron chi connectivity index (χ1n) is 6.05. The second-order valence-corrected chi connectivity index (χ2v) is 4.91. The van der Waals surface area contributed by atoms with Crippen LogP contribution < -0.4 is 0 Å². The zero-order chi connectivity index (χ0) is 12.6. The van der Waals surface area contributed by atoms with Crippen LogP contribution in [0, 0.1) is 11.8 Å². The molecule has 3 nitrogen and oxygen atoms in total. The van der Waals surface area contributed by atoms with Crippen LogP contribution in [0.3, 0.4) is 0 Å². The predicted molar refractivity (Wildman–Crippen MR) is 64.4 cm³/mol. The second-order valence-electron chi connectivity index (χ2n) is 4.91. The summed E-state index contributed by atoms with van der Waals surface area (Å²) in [6.45, 7) is 8.47. The molecule has 0 saturated carbocycles. The molecule has 0 aromatic carbocycles. The van der Waals surface area contributed by atoms with Gasteiger partial charge in [0.15, 0.2) is 5.78 Å². The van der Waals surface area contributed by atoms with E-state index in [0.29, 0.717) is 25.4 Å². The molecule has 94 valence electrons. The maximum Gasteiger partial charge on any atom is 0.160 e. The van der Waals surface area contributed by atoms with E-state index < -0.39 is 0 Å². The molecule has 0 aliphatic rings. The Labute approximate surface area is 98.6 Å². The molecular weight excluding hydrogens is 204 g/mol. The van der Waals surface area contributed by atoms with Gasteiger partial charge in [-0.15, -0.1) is 0 Å². The van der Waals surface area contributed by atoms with Crippen LogP contribution in [0.1, 0.15) is 47.0 Å². The zero-order valence-corrected chi connectivity index (χ0v) is 10.9. The number of carbonyl (C=O) groups excluding carboxylic acids is 2. The molecule has 0 heterocycles. The lowest BCUT2D eigenvalue weighted by Gasteiger charge is -2.06. The van der Waals surface area contributed by atoms with Crippen molar-refractivity contribution in [3.63, 3.8) is 0 Å². The fourth-order valence-electron chi connectivity index (χ4n) is 1.27. The maximum atomic E-state index is 11.3. The average molecular weight is 228 g/mol. The van der Waals surface area contributed by atoms with E-state index in [4.69, 9.17) is 4.74 Å². The minimum absolute atomic E-state index is 0.0302. The average Bonchev–Trinajstić information content (AvgIpc) is 2.15. The van der Waals surface area contributed by atoms with E-state index in [1.807, 2.05) is 27.7 Å². The lowest BCUT2D eigenvalue weighted by Crippen LogP contribution is -2.15. The molecule has 0 aromatic rings. The first-order valence-corrected chi connectivity index (χ1v) is 6.05. The molecule has 0 radical (unpaired) electrons. The third-order valence-electron chi connectivity index (χ3n) is 2.27. The van der Waals surface area contributed by atoms with Gasteiger partial charge in [-0.05, 0) is 12.3 Å². The molecule has 16 heavy (non-hydrogen) atoms. The molecule has 0 spiro atoms. The molecule has 0 fully saturated rings.